The molecule has 4 N–H and O–H groups in total. The van der Waals surface area contributed by atoms with Crippen molar-refractivity contribution in [1.82, 2.24) is 14.8 Å². The summed E-state index contributed by atoms with van der Waals surface area (Å²) in [5.74, 6) is 0.872. The van der Waals surface area contributed by atoms with E-state index < -0.39 is 0 Å². The molecule has 0 spiro atoms. The number of nitrogens with zero attached hydrogens (tertiary/aromatic N) is 3. The summed E-state index contributed by atoms with van der Waals surface area (Å²) in [7, 11) is 0. The maximum absolute atomic E-state index is 5.89. The van der Waals surface area contributed by atoms with E-state index in [-0.39, 0.29) is 5.95 Å². The highest BCUT2D eigenvalue weighted by atomic mass is 35.5. The van der Waals surface area contributed by atoms with E-state index in [9.17, 15) is 0 Å². The minimum absolute atomic E-state index is 0.215. The number of hydrogen-bond acceptors (Lipinski definition) is 4. The van der Waals surface area contributed by atoms with Crippen LogP contribution in [0.15, 0.2) is 48.5 Å². The number of halogens is 1. The second-order valence-corrected chi connectivity index (χ2v) is 4.74. The standard InChI is InChI=1S/C14H12ClN5/c15-10-3-7-12(8-4-10)20-13(18-14(17)19-20)9-1-5-11(16)6-2-9/h1-8H,16H2,(H2,17,19). The monoisotopic (exact) mass is 285 g/mol. The summed E-state index contributed by atoms with van der Waals surface area (Å²) in [6.07, 6.45) is 0. The van der Waals surface area contributed by atoms with Gasteiger partial charge in [0, 0.05) is 16.3 Å². The summed E-state index contributed by atoms with van der Waals surface area (Å²) in [5, 5.41) is 4.88. The van der Waals surface area contributed by atoms with Crippen LogP contribution in [0.25, 0.3) is 17.1 Å². The van der Waals surface area contributed by atoms with Crippen molar-refractivity contribution >= 4 is 23.2 Å². The van der Waals surface area contributed by atoms with Gasteiger partial charge in [-0.2, -0.15) is 4.98 Å². The molecule has 5 nitrogen and oxygen atoms in total. The topological polar surface area (TPSA) is 82.8 Å². The average molecular weight is 286 g/mol. The van der Waals surface area contributed by atoms with Crippen molar-refractivity contribution in [1.29, 1.82) is 0 Å². The third-order valence-electron chi connectivity index (χ3n) is 2.86. The molecule has 0 saturated heterocycles. The van der Waals surface area contributed by atoms with Gasteiger partial charge in [0.2, 0.25) is 5.95 Å². The van der Waals surface area contributed by atoms with Gasteiger partial charge in [-0.3, -0.25) is 0 Å². The van der Waals surface area contributed by atoms with Gasteiger partial charge < -0.3 is 11.5 Å². The molecule has 3 aromatic rings. The van der Waals surface area contributed by atoms with Crippen LogP contribution in [0.4, 0.5) is 11.6 Å². The fourth-order valence-electron chi connectivity index (χ4n) is 1.91. The van der Waals surface area contributed by atoms with E-state index in [1.54, 1.807) is 16.8 Å². The number of rotatable bonds is 2. The molecule has 1 aromatic heterocycles. The maximum atomic E-state index is 5.89. The van der Waals surface area contributed by atoms with Crippen LogP contribution in [0.2, 0.25) is 5.02 Å². The van der Waals surface area contributed by atoms with Crippen LogP contribution in [-0.4, -0.2) is 14.8 Å². The first-order valence-electron chi connectivity index (χ1n) is 5.98. The van der Waals surface area contributed by atoms with Crippen molar-refractivity contribution in [2.45, 2.75) is 0 Å². The molecular weight excluding hydrogens is 274 g/mol. The molecule has 0 radical (unpaired) electrons. The molecule has 0 aliphatic rings. The van der Waals surface area contributed by atoms with Gasteiger partial charge >= 0.3 is 0 Å². The summed E-state index contributed by atoms with van der Waals surface area (Å²) in [5.41, 5.74) is 13.8. The summed E-state index contributed by atoms with van der Waals surface area (Å²) < 4.78 is 1.68. The average Bonchev–Trinajstić information content (AvgIpc) is 2.82. The summed E-state index contributed by atoms with van der Waals surface area (Å²) in [4.78, 5) is 4.27. The van der Waals surface area contributed by atoms with Gasteiger partial charge in [0.15, 0.2) is 5.82 Å². The molecule has 0 atom stereocenters. The number of benzene rings is 2. The highest BCUT2D eigenvalue weighted by molar-refractivity contribution is 6.30. The van der Waals surface area contributed by atoms with Crippen LogP contribution in [-0.2, 0) is 0 Å². The predicted molar refractivity (Wildman–Crippen MR) is 80.6 cm³/mol. The van der Waals surface area contributed by atoms with Crippen LogP contribution in [0, 0.1) is 0 Å². The second kappa shape index (κ2) is 4.86. The zero-order valence-electron chi connectivity index (χ0n) is 10.5. The van der Waals surface area contributed by atoms with Crippen LogP contribution in [0.5, 0.6) is 0 Å². The van der Waals surface area contributed by atoms with Crippen LogP contribution < -0.4 is 11.5 Å². The fraction of sp³-hybridized carbons (Fsp3) is 0. The van der Waals surface area contributed by atoms with E-state index in [1.807, 2.05) is 36.4 Å². The Hall–Kier alpha value is -2.53. The third kappa shape index (κ3) is 2.31. The Balaban J connectivity index is 2.12. The molecule has 0 amide bonds. The van der Waals surface area contributed by atoms with Crippen molar-refractivity contribution in [2.75, 3.05) is 11.5 Å². The largest absolute Gasteiger partial charge is 0.399 e. The molecule has 0 unspecified atom stereocenters. The molecule has 0 fully saturated rings. The minimum Gasteiger partial charge on any atom is -0.399 e. The van der Waals surface area contributed by atoms with E-state index in [1.165, 1.54) is 0 Å². The van der Waals surface area contributed by atoms with Gasteiger partial charge in [0.25, 0.3) is 0 Å². The maximum Gasteiger partial charge on any atom is 0.240 e. The molecule has 100 valence electrons. The zero-order chi connectivity index (χ0) is 14.1. The predicted octanol–water partition coefficient (Wildman–Crippen LogP) is 2.75. The lowest BCUT2D eigenvalue weighted by Crippen LogP contribution is -2.00. The Morgan fingerprint density at radius 2 is 1.55 bits per heavy atom. The highest BCUT2D eigenvalue weighted by Gasteiger charge is 2.11. The van der Waals surface area contributed by atoms with Gasteiger partial charge in [-0.1, -0.05) is 11.6 Å². The molecule has 0 saturated carbocycles. The van der Waals surface area contributed by atoms with E-state index in [0.717, 1.165) is 11.3 Å². The highest BCUT2D eigenvalue weighted by Crippen LogP contribution is 2.23. The Labute approximate surface area is 120 Å². The van der Waals surface area contributed by atoms with Crippen LogP contribution in [0.1, 0.15) is 0 Å². The number of aromatic nitrogens is 3. The molecule has 0 aliphatic carbocycles. The fourth-order valence-corrected chi connectivity index (χ4v) is 2.04. The lowest BCUT2D eigenvalue weighted by Gasteiger charge is -2.06. The number of nitrogen functional groups attached to an aromatic ring is 2. The molecule has 0 bridgehead atoms. The van der Waals surface area contributed by atoms with Gasteiger partial charge in [0.05, 0.1) is 5.69 Å². The third-order valence-corrected chi connectivity index (χ3v) is 3.12. The van der Waals surface area contributed by atoms with Crippen molar-refractivity contribution in [2.24, 2.45) is 0 Å². The van der Waals surface area contributed by atoms with Gasteiger partial charge in [0.1, 0.15) is 0 Å². The lowest BCUT2D eigenvalue weighted by atomic mass is 10.2. The first-order chi connectivity index (χ1) is 9.63. The molecular formula is C14H12ClN5. The molecule has 6 heteroatoms. The van der Waals surface area contributed by atoms with Crippen LogP contribution in [0.3, 0.4) is 0 Å². The summed E-state index contributed by atoms with van der Waals surface area (Å²) >= 11 is 5.89. The van der Waals surface area contributed by atoms with Crippen molar-refractivity contribution in [3.05, 3.63) is 53.6 Å². The minimum atomic E-state index is 0.215. The Kier molecular flexibility index (Phi) is 3.04. The van der Waals surface area contributed by atoms with E-state index in [2.05, 4.69) is 10.1 Å². The molecule has 1 heterocycles. The van der Waals surface area contributed by atoms with Crippen molar-refractivity contribution in [3.63, 3.8) is 0 Å². The van der Waals surface area contributed by atoms with E-state index in [0.29, 0.717) is 16.5 Å². The molecule has 2 aromatic carbocycles. The summed E-state index contributed by atoms with van der Waals surface area (Å²) in [6, 6.07) is 14.7. The van der Waals surface area contributed by atoms with Gasteiger partial charge in [-0.05, 0) is 48.5 Å². The quantitative estimate of drug-likeness (QED) is 0.709. The van der Waals surface area contributed by atoms with Crippen molar-refractivity contribution in [3.8, 4) is 17.1 Å². The smallest absolute Gasteiger partial charge is 0.240 e. The van der Waals surface area contributed by atoms with Crippen molar-refractivity contribution < 1.29 is 0 Å². The first kappa shape index (κ1) is 12.5. The first-order valence-corrected chi connectivity index (χ1v) is 6.36. The number of hydrogen-bond donors (Lipinski definition) is 2. The summed E-state index contributed by atoms with van der Waals surface area (Å²) in [6.45, 7) is 0. The Morgan fingerprint density at radius 1 is 0.900 bits per heavy atom. The number of nitrogens with two attached hydrogens (primary N) is 2. The van der Waals surface area contributed by atoms with Gasteiger partial charge in [-0.25, -0.2) is 4.68 Å². The molecule has 3 rings (SSSR count). The molecule has 0 aliphatic heterocycles. The zero-order valence-corrected chi connectivity index (χ0v) is 11.2. The lowest BCUT2D eigenvalue weighted by molar-refractivity contribution is 0.892. The SMILES string of the molecule is Nc1ccc(-c2nc(N)nn2-c2ccc(Cl)cc2)cc1. The Morgan fingerprint density at radius 3 is 2.20 bits per heavy atom. The Bertz CT molecular complexity index is 668. The van der Waals surface area contributed by atoms with E-state index >= 15 is 0 Å². The normalized spacial score (nSPS) is 10.7. The number of anilines is 2. The second-order valence-electron chi connectivity index (χ2n) is 4.30. The van der Waals surface area contributed by atoms with Crippen LogP contribution >= 0.6 is 11.6 Å². The molecule has 20 heavy (non-hydrogen) atoms. The van der Waals surface area contributed by atoms with Gasteiger partial charge in [-0.15, -0.1) is 5.10 Å². The van der Waals surface area contributed by atoms with E-state index in [4.69, 9.17) is 23.1 Å².